The maximum Gasteiger partial charge on any atom is 0.156 e. The Morgan fingerprint density at radius 2 is 2.45 bits per heavy atom. The minimum Gasteiger partial charge on any atom is -0.363 e. The second-order valence-electron chi connectivity index (χ2n) is 2.34. The molecule has 0 bridgehead atoms. The summed E-state index contributed by atoms with van der Waals surface area (Å²) in [7, 11) is 0. The number of nitrogens with one attached hydrogen (secondary N) is 1. The van der Waals surface area contributed by atoms with Gasteiger partial charge < -0.3 is 5.32 Å². The van der Waals surface area contributed by atoms with E-state index in [9.17, 15) is 0 Å². The molecule has 0 aliphatic carbocycles. The van der Waals surface area contributed by atoms with Gasteiger partial charge in [0.05, 0.1) is 12.7 Å². The first kappa shape index (κ1) is 6.27. The van der Waals surface area contributed by atoms with Gasteiger partial charge in [0.1, 0.15) is 11.5 Å². The van der Waals surface area contributed by atoms with Crippen LogP contribution in [0.1, 0.15) is 5.82 Å². The van der Waals surface area contributed by atoms with Gasteiger partial charge in [0.15, 0.2) is 5.82 Å². The summed E-state index contributed by atoms with van der Waals surface area (Å²) in [6.45, 7) is 2.61. The summed E-state index contributed by atoms with van der Waals surface area (Å²) in [6, 6.07) is 0. The van der Waals surface area contributed by atoms with Crippen LogP contribution in [0.2, 0.25) is 0 Å². The van der Waals surface area contributed by atoms with Gasteiger partial charge in [0.2, 0.25) is 0 Å². The fourth-order valence-corrected chi connectivity index (χ4v) is 0.975. The molecule has 0 aromatic carbocycles. The predicted molar refractivity (Wildman–Crippen MR) is 43.4 cm³/mol. The van der Waals surface area contributed by atoms with Crippen molar-refractivity contribution in [2.24, 2.45) is 4.99 Å². The second-order valence-corrected chi connectivity index (χ2v) is 2.34. The molecule has 0 spiro atoms. The normalized spacial score (nSPS) is 13.9. The minimum atomic E-state index is 0.753. The molecule has 56 valence electrons. The molecule has 0 saturated heterocycles. The molecule has 1 aliphatic rings. The number of hydrogen-bond donors (Lipinski definition) is 1. The Bertz CT molecular complexity index is 305. The fraction of sp³-hybridized carbons (Fsp3) is 0.286. The average Bonchev–Trinajstić information content (AvgIpc) is 2.04. The summed E-state index contributed by atoms with van der Waals surface area (Å²) in [5.41, 5.74) is 0.821. The Hall–Kier alpha value is -1.45. The zero-order valence-corrected chi connectivity index (χ0v) is 6.20. The molecule has 0 unspecified atom stereocenters. The molecule has 0 radical (unpaired) electrons. The Labute approximate surface area is 64.4 Å². The Kier molecular flexibility index (Phi) is 1.31. The number of aliphatic imine (C=N–C) groups is 1. The van der Waals surface area contributed by atoms with Crippen LogP contribution < -0.4 is 5.32 Å². The van der Waals surface area contributed by atoms with Crippen molar-refractivity contribution in [1.29, 1.82) is 0 Å². The van der Waals surface area contributed by atoms with E-state index in [1.165, 1.54) is 0 Å². The summed E-state index contributed by atoms with van der Waals surface area (Å²) >= 11 is 0. The quantitative estimate of drug-likeness (QED) is 0.595. The van der Waals surface area contributed by atoms with E-state index in [0.29, 0.717) is 0 Å². The maximum absolute atomic E-state index is 4.18. The zero-order valence-electron chi connectivity index (χ0n) is 6.20. The van der Waals surface area contributed by atoms with Crippen molar-refractivity contribution < 1.29 is 0 Å². The topological polar surface area (TPSA) is 50.2 Å². The number of anilines is 1. The van der Waals surface area contributed by atoms with Crippen molar-refractivity contribution in [2.75, 3.05) is 11.9 Å². The number of hydrogen-bond acceptors (Lipinski definition) is 4. The number of nitrogens with zero attached hydrogens (tertiary/aromatic N) is 3. The lowest BCUT2D eigenvalue weighted by molar-refractivity contribution is 1.04. The third-order valence-electron chi connectivity index (χ3n) is 1.48. The van der Waals surface area contributed by atoms with Gasteiger partial charge in [0.25, 0.3) is 0 Å². The summed E-state index contributed by atoms with van der Waals surface area (Å²) in [4.78, 5) is 12.3. The fourth-order valence-electron chi connectivity index (χ4n) is 0.975. The van der Waals surface area contributed by atoms with Gasteiger partial charge in [-0.15, -0.1) is 0 Å². The van der Waals surface area contributed by atoms with Crippen molar-refractivity contribution in [3.05, 3.63) is 12.0 Å². The van der Waals surface area contributed by atoms with Crippen LogP contribution in [-0.4, -0.2) is 22.7 Å². The lowest BCUT2D eigenvalue weighted by Crippen LogP contribution is -2.09. The Morgan fingerprint density at radius 1 is 1.55 bits per heavy atom. The highest BCUT2D eigenvalue weighted by atomic mass is 15.1. The van der Waals surface area contributed by atoms with Crippen molar-refractivity contribution in [1.82, 2.24) is 9.97 Å². The average molecular weight is 148 g/mol. The van der Waals surface area contributed by atoms with E-state index < -0.39 is 0 Å². The van der Waals surface area contributed by atoms with Crippen molar-refractivity contribution in [3.8, 4) is 0 Å². The summed E-state index contributed by atoms with van der Waals surface area (Å²) in [5.74, 6) is 1.60. The van der Waals surface area contributed by atoms with Crippen molar-refractivity contribution >= 4 is 17.7 Å². The molecule has 11 heavy (non-hydrogen) atoms. The maximum atomic E-state index is 4.18. The first-order valence-corrected chi connectivity index (χ1v) is 3.46. The standard InChI is InChI=1S/C7H8N4/c1-5-10-4-6-7(11-5)9-3-2-8-6/h2,4H,3H2,1H3,(H,9,10,11). The highest BCUT2D eigenvalue weighted by Crippen LogP contribution is 2.22. The third kappa shape index (κ3) is 1.07. The van der Waals surface area contributed by atoms with Crippen LogP contribution in [0.3, 0.4) is 0 Å². The first-order valence-electron chi connectivity index (χ1n) is 3.46. The highest BCUT2D eigenvalue weighted by Gasteiger charge is 2.05. The molecular weight excluding hydrogens is 140 g/mol. The van der Waals surface area contributed by atoms with E-state index >= 15 is 0 Å². The number of fused-ring (bicyclic) bond motifs is 1. The van der Waals surface area contributed by atoms with Crippen molar-refractivity contribution in [3.63, 3.8) is 0 Å². The van der Waals surface area contributed by atoms with Gasteiger partial charge in [0, 0.05) is 6.21 Å². The number of aryl methyl sites for hydroxylation is 1. The molecule has 1 aromatic heterocycles. The Morgan fingerprint density at radius 3 is 3.36 bits per heavy atom. The van der Waals surface area contributed by atoms with E-state index in [0.717, 1.165) is 23.9 Å². The van der Waals surface area contributed by atoms with Crippen LogP contribution in [0.15, 0.2) is 11.2 Å². The van der Waals surface area contributed by atoms with E-state index in [1.54, 1.807) is 12.4 Å². The van der Waals surface area contributed by atoms with Crippen molar-refractivity contribution in [2.45, 2.75) is 6.92 Å². The van der Waals surface area contributed by atoms with E-state index in [4.69, 9.17) is 0 Å². The number of rotatable bonds is 0. The van der Waals surface area contributed by atoms with Crippen LogP contribution in [0.5, 0.6) is 0 Å². The minimum absolute atomic E-state index is 0.753. The molecule has 0 fully saturated rings. The van der Waals surface area contributed by atoms with E-state index in [-0.39, 0.29) is 0 Å². The summed E-state index contributed by atoms with van der Waals surface area (Å²) < 4.78 is 0. The van der Waals surface area contributed by atoms with Gasteiger partial charge in [-0.1, -0.05) is 0 Å². The molecular formula is C7H8N4. The van der Waals surface area contributed by atoms with Crippen LogP contribution in [-0.2, 0) is 0 Å². The Balaban J connectivity index is 2.53. The van der Waals surface area contributed by atoms with Gasteiger partial charge in [-0.25, -0.2) is 9.97 Å². The molecule has 0 atom stereocenters. The third-order valence-corrected chi connectivity index (χ3v) is 1.48. The van der Waals surface area contributed by atoms with Crippen LogP contribution in [0.25, 0.3) is 0 Å². The lowest BCUT2D eigenvalue weighted by atomic mass is 10.4. The monoisotopic (exact) mass is 148 g/mol. The van der Waals surface area contributed by atoms with E-state index in [2.05, 4.69) is 20.3 Å². The molecule has 0 saturated carbocycles. The second kappa shape index (κ2) is 2.30. The highest BCUT2D eigenvalue weighted by molar-refractivity contribution is 5.77. The SMILES string of the molecule is Cc1ncc2c(n1)NCC=N2. The molecule has 2 heterocycles. The molecule has 2 rings (SSSR count). The van der Waals surface area contributed by atoms with Crippen LogP contribution in [0, 0.1) is 6.92 Å². The largest absolute Gasteiger partial charge is 0.363 e. The summed E-state index contributed by atoms with van der Waals surface area (Å²) in [6.07, 6.45) is 3.53. The van der Waals surface area contributed by atoms with Gasteiger partial charge in [-0.05, 0) is 6.92 Å². The van der Waals surface area contributed by atoms with Gasteiger partial charge >= 0.3 is 0 Å². The van der Waals surface area contributed by atoms with Gasteiger partial charge in [-0.2, -0.15) is 0 Å². The molecule has 1 aromatic rings. The first-order chi connectivity index (χ1) is 5.36. The van der Waals surface area contributed by atoms with E-state index in [1.807, 2.05) is 6.92 Å². The summed E-state index contributed by atoms with van der Waals surface area (Å²) in [5, 5.41) is 3.10. The molecule has 4 heteroatoms. The molecule has 0 amide bonds. The van der Waals surface area contributed by atoms with Crippen LogP contribution >= 0.6 is 0 Å². The number of aromatic nitrogens is 2. The smallest absolute Gasteiger partial charge is 0.156 e. The predicted octanol–water partition coefficient (Wildman–Crippen LogP) is 0.913. The molecule has 1 aliphatic heterocycles. The molecule has 4 nitrogen and oxygen atoms in total. The van der Waals surface area contributed by atoms with Crippen LogP contribution in [0.4, 0.5) is 11.5 Å². The van der Waals surface area contributed by atoms with Gasteiger partial charge in [-0.3, -0.25) is 4.99 Å². The molecule has 1 N–H and O–H groups in total. The zero-order chi connectivity index (χ0) is 7.68. The lowest BCUT2D eigenvalue weighted by Gasteiger charge is -2.09.